The van der Waals surface area contributed by atoms with Crippen LogP contribution >= 0.6 is 0 Å². The van der Waals surface area contributed by atoms with Gasteiger partial charge in [0.15, 0.2) is 6.10 Å². The van der Waals surface area contributed by atoms with E-state index in [9.17, 15) is 4.79 Å². The summed E-state index contributed by atoms with van der Waals surface area (Å²) < 4.78 is 5.60. The van der Waals surface area contributed by atoms with Crippen molar-refractivity contribution in [3.63, 3.8) is 0 Å². The number of ether oxygens (including phenoxy) is 1. The zero-order valence-corrected chi connectivity index (χ0v) is 12.2. The van der Waals surface area contributed by atoms with Crippen molar-refractivity contribution in [2.75, 3.05) is 6.54 Å². The van der Waals surface area contributed by atoms with Crippen LogP contribution in [0.25, 0.3) is 0 Å². The van der Waals surface area contributed by atoms with Gasteiger partial charge in [0.05, 0.1) is 6.10 Å². The summed E-state index contributed by atoms with van der Waals surface area (Å²) >= 11 is 0. The number of benzene rings is 1. The molecular formula is C16H23NO3. The second kappa shape index (κ2) is 6.86. The summed E-state index contributed by atoms with van der Waals surface area (Å²) in [6, 6.07) is 10.7. The Morgan fingerprint density at radius 3 is 2.60 bits per heavy atom. The highest BCUT2D eigenvalue weighted by molar-refractivity contribution is 5.72. The molecule has 1 heterocycles. The third-order valence-electron chi connectivity index (χ3n) is 3.78. The van der Waals surface area contributed by atoms with Gasteiger partial charge in [-0.05, 0) is 32.3 Å². The van der Waals surface area contributed by atoms with E-state index in [4.69, 9.17) is 9.84 Å². The lowest BCUT2D eigenvalue weighted by atomic mass is 10.1. The van der Waals surface area contributed by atoms with Gasteiger partial charge in [0.25, 0.3) is 0 Å². The molecule has 2 atom stereocenters. The summed E-state index contributed by atoms with van der Waals surface area (Å²) in [7, 11) is 0. The van der Waals surface area contributed by atoms with Crippen LogP contribution in [0.15, 0.2) is 30.3 Å². The molecule has 0 radical (unpaired) electrons. The van der Waals surface area contributed by atoms with Crippen molar-refractivity contribution < 1.29 is 14.6 Å². The van der Waals surface area contributed by atoms with Gasteiger partial charge in [0.1, 0.15) is 0 Å². The molecule has 2 unspecified atom stereocenters. The summed E-state index contributed by atoms with van der Waals surface area (Å²) in [5.74, 6) is -0.841. The lowest BCUT2D eigenvalue weighted by Gasteiger charge is -2.29. The number of hydrogen-bond acceptors (Lipinski definition) is 3. The largest absolute Gasteiger partial charge is 0.479 e. The average molecular weight is 277 g/mol. The van der Waals surface area contributed by atoms with Gasteiger partial charge < -0.3 is 9.84 Å². The molecule has 4 heteroatoms. The van der Waals surface area contributed by atoms with E-state index in [1.54, 1.807) is 0 Å². The van der Waals surface area contributed by atoms with Crippen LogP contribution in [0, 0.1) is 0 Å². The third-order valence-corrected chi connectivity index (χ3v) is 3.78. The second-order valence-corrected chi connectivity index (χ2v) is 5.67. The molecule has 0 aromatic heterocycles. The molecule has 110 valence electrons. The van der Waals surface area contributed by atoms with Crippen molar-refractivity contribution in [2.45, 2.75) is 51.5 Å². The Kier molecular flexibility index (Phi) is 5.15. The summed E-state index contributed by atoms with van der Waals surface area (Å²) in [4.78, 5) is 13.3. The topological polar surface area (TPSA) is 49.8 Å². The van der Waals surface area contributed by atoms with Crippen LogP contribution in [-0.2, 0) is 16.1 Å². The highest BCUT2D eigenvalue weighted by atomic mass is 16.5. The summed E-state index contributed by atoms with van der Waals surface area (Å²) in [6.07, 6.45) is 0.861. The number of carbonyl (C=O) groups is 1. The molecule has 0 saturated carbocycles. The Morgan fingerprint density at radius 1 is 1.35 bits per heavy atom. The highest BCUT2D eigenvalue weighted by Crippen LogP contribution is 2.22. The van der Waals surface area contributed by atoms with Crippen molar-refractivity contribution in [3.05, 3.63) is 35.9 Å². The van der Waals surface area contributed by atoms with Crippen LogP contribution in [0.2, 0.25) is 0 Å². The molecular weight excluding hydrogens is 254 g/mol. The zero-order valence-electron chi connectivity index (χ0n) is 12.2. The van der Waals surface area contributed by atoms with E-state index < -0.39 is 12.1 Å². The van der Waals surface area contributed by atoms with Crippen molar-refractivity contribution >= 4 is 5.97 Å². The van der Waals surface area contributed by atoms with Crippen LogP contribution in [-0.4, -0.2) is 40.8 Å². The van der Waals surface area contributed by atoms with Gasteiger partial charge in [-0.2, -0.15) is 0 Å². The van der Waals surface area contributed by atoms with E-state index in [1.807, 2.05) is 18.2 Å². The first-order valence-corrected chi connectivity index (χ1v) is 7.22. The molecule has 1 aliphatic rings. The number of carboxylic acids is 1. The van der Waals surface area contributed by atoms with Gasteiger partial charge in [-0.15, -0.1) is 0 Å². The lowest BCUT2D eigenvalue weighted by molar-refractivity contribution is -0.149. The molecule has 1 aliphatic heterocycles. The van der Waals surface area contributed by atoms with Crippen LogP contribution < -0.4 is 0 Å². The molecule has 1 fully saturated rings. The summed E-state index contributed by atoms with van der Waals surface area (Å²) in [5.41, 5.74) is 1.27. The molecule has 20 heavy (non-hydrogen) atoms. The average Bonchev–Trinajstić information content (AvgIpc) is 2.88. The Hall–Kier alpha value is -1.39. The summed E-state index contributed by atoms with van der Waals surface area (Å²) in [6.45, 7) is 5.98. The van der Waals surface area contributed by atoms with E-state index in [0.29, 0.717) is 12.5 Å². The minimum absolute atomic E-state index is 0.0298. The van der Waals surface area contributed by atoms with Gasteiger partial charge in [0, 0.05) is 19.1 Å². The first-order valence-electron chi connectivity index (χ1n) is 7.22. The van der Waals surface area contributed by atoms with Crippen molar-refractivity contribution in [1.82, 2.24) is 4.90 Å². The molecule has 2 rings (SSSR count). The predicted octanol–water partition coefficient (Wildman–Crippen LogP) is 2.53. The minimum Gasteiger partial charge on any atom is -0.479 e. The quantitative estimate of drug-likeness (QED) is 0.868. The van der Waals surface area contributed by atoms with E-state index in [-0.39, 0.29) is 6.10 Å². The Morgan fingerprint density at radius 2 is 2.05 bits per heavy atom. The number of aliphatic carboxylic acids is 1. The maximum atomic E-state index is 10.9. The third kappa shape index (κ3) is 4.05. The maximum absolute atomic E-state index is 10.9. The highest BCUT2D eigenvalue weighted by Gasteiger charge is 2.31. The Labute approximate surface area is 120 Å². The maximum Gasteiger partial charge on any atom is 0.332 e. The molecule has 1 aromatic rings. The second-order valence-electron chi connectivity index (χ2n) is 5.67. The molecule has 0 spiro atoms. The zero-order chi connectivity index (χ0) is 14.5. The van der Waals surface area contributed by atoms with Gasteiger partial charge >= 0.3 is 5.97 Å². The molecule has 0 bridgehead atoms. The fourth-order valence-corrected chi connectivity index (χ4v) is 2.56. The number of nitrogens with zero attached hydrogens (tertiary/aromatic N) is 1. The lowest BCUT2D eigenvalue weighted by Crippen LogP contribution is -2.37. The SMILES string of the molecule is CC(C)N(Cc1ccccc1)CC1CCC(C(=O)O)O1. The summed E-state index contributed by atoms with van der Waals surface area (Å²) in [5, 5.41) is 8.97. The van der Waals surface area contributed by atoms with Gasteiger partial charge in [-0.25, -0.2) is 4.79 Å². The molecule has 0 aliphatic carbocycles. The van der Waals surface area contributed by atoms with Crippen molar-refractivity contribution in [2.24, 2.45) is 0 Å². The van der Waals surface area contributed by atoms with Crippen LogP contribution in [0.1, 0.15) is 32.3 Å². The minimum atomic E-state index is -0.841. The number of carboxylic acid groups (broad SMARTS) is 1. The fraction of sp³-hybridized carbons (Fsp3) is 0.562. The smallest absolute Gasteiger partial charge is 0.332 e. The van der Waals surface area contributed by atoms with Crippen LogP contribution in [0.4, 0.5) is 0 Å². The fourth-order valence-electron chi connectivity index (χ4n) is 2.56. The van der Waals surface area contributed by atoms with Crippen LogP contribution in [0.3, 0.4) is 0 Å². The number of hydrogen-bond donors (Lipinski definition) is 1. The van der Waals surface area contributed by atoms with Crippen LogP contribution in [0.5, 0.6) is 0 Å². The van der Waals surface area contributed by atoms with Crippen molar-refractivity contribution in [3.8, 4) is 0 Å². The first-order chi connectivity index (χ1) is 9.56. The standard InChI is InChI=1S/C16H23NO3/c1-12(2)17(10-13-6-4-3-5-7-13)11-14-8-9-15(20-14)16(18)19/h3-7,12,14-15H,8-11H2,1-2H3,(H,18,19). The van der Waals surface area contributed by atoms with E-state index in [1.165, 1.54) is 5.56 Å². The normalized spacial score (nSPS) is 22.6. The van der Waals surface area contributed by atoms with Crippen molar-refractivity contribution in [1.29, 1.82) is 0 Å². The predicted molar refractivity (Wildman–Crippen MR) is 77.5 cm³/mol. The van der Waals surface area contributed by atoms with Gasteiger partial charge in [-0.3, -0.25) is 4.90 Å². The monoisotopic (exact) mass is 277 g/mol. The first kappa shape index (κ1) is 15.0. The number of rotatable bonds is 6. The Balaban J connectivity index is 1.92. The Bertz CT molecular complexity index is 433. The molecule has 1 saturated heterocycles. The molecule has 1 N–H and O–H groups in total. The van der Waals surface area contributed by atoms with E-state index in [2.05, 4.69) is 30.9 Å². The molecule has 0 amide bonds. The molecule has 4 nitrogen and oxygen atoms in total. The van der Waals surface area contributed by atoms with E-state index in [0.717, 1.165) is 19.5 Å². The van der Waals surface area contributed by atoms with Gasteiger partial charge in [0.2, 0.25) is 0 Å². The van der Waals surface area contributed by atoms with E-state index >= 15 is 0 Å². The molecule has 1 aromatic carbocycles. The van der Waals surface area contributed by atoms with Gasteiger partial charge in [-0.1, -0.05) is 30.3 Å².